The van der Waals surface area contributed by atoms with Crippen LogP contribution in [-0.2, 0) is 20.3 Å². The van der Waals surface area contributed by atoms with E-state index in [0.29, 0.717) is 4.90 Å². The van der Waals surface area contributed by atoms with Gasteiger partial charge >= 0.3 is 5.97 Å². The Balaban J connectivity index is 2.73. The van der Waals surface area contributed by atoms with Crippen molar-refractivity contribution in [3.05, 3.63) is 41.3 Å². The third-order valence-corrected chi connectivity index (χ3v) is 2.90. The van der Waals surface area contributed by atoms with Crippen LogP contribution in [0.15, 0.2) is 40.6 Å². The van der Waals surface area contributed by atoms with E-state index in [9.17, 15) is 9.00 Å². The zero-order chi connectivity index (χ0) is 11.3. The Morgan fingerprint density at radius 3 is 2.47 bits per heavy atom. The fourth-order valence-corrected chi connectivity index (χ4v) is 1.73. The molecule has 0 bridgehead atoms. The SMILES string of the molecule is COC(=O)/C=C\S(=O)c1ccc(C)cc1. The molecule has 0 N–H and O–H groups in total. The molecule has 0 heterocycles. The maximum absolute atomic E-state index is 11.6. The van der Waals surface area contributed by atoms with Crippen molar-refractivity contribution in [2.75, 3.05) is 7.11 Å². The maximum atomic E-state index is 11.6. The largest absolute Gasteiger partial charge is 0.466 e. The number of methoxy groups -OCH3 is 1. The summed E-state index contributed by atoms with van der Waals surface area (Å²) in [7, 11) is -0.0160. The van der Waals surface area contributed by atoms with Gasteiger partial charge in [-0.25, -0.2) is 9.00 Å². The van der Waals surface area contributed by atoms with E-state index in [-0.39, 0.29) is 0 Å². The number of esters is 1. The molecule has 0 aliphatic heterocycles. The van der Waals surface area contributed by atoms with E-state index >= 15 is 0 Å². The Bertz CT molecular complexity index is 393. The van der Waals surface area contributed by atoms with Crippen LogP contribution in [0.3, 0.4) is 0 Å². The topological polar surface area (TPSA) is 43.4 Å². The third-order valence-electron chi connectivity index (χ3n) is 1.78. The van der Waals surface area contributed by atoms with Crippen molar-refractivity contribution in [3.8, 4) is 0 Å². The highest BCUT2D eigenvalue weighted by molar-refractivity contribution is 7.88. The fourth-order valence-electron chi connectivity index (χ4n) is 0.936. The molecule has 4 heteroatoms. The molecular formula is C11H12O3S. The molecule has 1 atom stereocenters. The molecule has 0 saturated carbocycles. The predicted octanol–water partition coefficient (Wildman–Crippen LogP) is 1.79. The van der Waals surface area contributed by atoms with Crippen LogP contribution in [-0.4, -0.2) is 17.3 Å². The van der Waals surface area contributed by atoms with Crippen molar-refractivity contribution in [1.29, 1.82) is 0 Å². The Hall–Kier alpha value is -1.42. The van der Waals surface area contributed by atoms with Crippen LogP contribution >= 0.6 is 0 Å². The molecular weight excluding hydrogens is 212 g/mol. The number of rotatable bonds is 3. The first kappa shape index (κ1) is 11.7. The van der Waals surface area contributed by atoms with Crippen molar-refractivity contribution in [3.63, 3.8) is 0 Å². The smallest absolute Gasteiger partial charge is 0.331 e. The predicted molar refractivity (Wildman–Crippen MR) is 58.7 cm³/mol. The van der Waals surface area contributed by atoms with E-state index in [2.05, 4.69) is 4.74 Å². The van der Waals surface area contributed by atoms with Crippen molar-refractivity contribution >= 4 is 16.8 Å². The minimum Gasteiger partial charge on any atom is -0.466 e. The van der Waals surface area contributed by atoms with Crippen molar-refractivity contribution in [2.24, 2.45) is 0 Å². The number of hydrogen-bond donors (Lipinski definition) is 0. The number of benzene rings is 1. The van der Waals surface area contributed by atoms with Gasteiger partial charge in [0.15, 0.2) is 0 Å². The summed E-state index contributed by atoms with van der Waals surface area (Å²) >= 11 is 0. The molecule has 0 saturated heterocycles. The summed E-state index contributed by atoms with van der Waals surface area (Å²) in [5, 5.41) is 1.32. The van der Waals surface area contributed by atoms with Gasteiger partial charge in [0.2, 0.25) is 0 Å². The number of hydrogen-bond acceptors (Lipinski definition) is 3. The van der Waals surface area contributed by atoms with Crippen molar-refractivity contribution < 1.29 is 13.7 Å². The second kappa shape index (κ2) is 5.46. The standard InChI is InChI=1S/C11H12O3S/c1-9-3-5-10(6-4-9)15(13)8-7-11(12)14-2/h3-8H,1-2H3/b8-7-. The Morgan fingerprint density at radius 1 is 1.33 bits per heavy atom. The summed E-state index contributed by atoms with van der Waals surface area (Å²) < 4.78 is 16.0. The van der Waals surface area contributed by atoms with Crippen LogP contribution in [0.2, 0.25) is 0 Å². The molecule has 15 heavy (non-hydrogen) atoms. The number of carbonyl (C=O) groups is 1. The van der Waals surface area contributed by atoms with E-state index in [4.69, 9.17) is 0 Å². The van der Waals surface area contributed by atoms with E-state index in [1.807, 2.05) is 19.1 Å². The average molecular weight is 224 g/mol. The van der Waals surface area contributed by atoms with Gasteiger partial charge < -0.3 is 4.74 Å². The molecule has 0 amide bonds. The van der Waals surface area contributed by atoms with Gasteiger partial charge in [0.1, 0.15) is 0 Å². The summed E-state index contributed by atoms with van der Waals surface area (Å²) in [4.78, 5) is 11.4. The molecule has 80 valence electrons. The second-order valence-corrected chi connectivity index (χ2v) is 4.27. The van der Waals surface area contributed by atoms with Gasteiger partial charge in [0.25, 0.3) is 0 Å². The Morgan fingerprint density at radius 2 is 1.93 bits per heavy atom. The van der Waals surface area contributed by atoms with Gasteiger partial charge in [-0.1, -0.05) is 17.7 Å². The van der Waals surface area contributed by atoms with E-state index in [1.54, 1.807) is 12.1 Å². The van der Waals surface area contributed by atoms with E-state index in [1.165, 1.54) is 12.5 Å². The van der Waals surface area contributed by atoms with E-state index < -0.39 is 16.8 Å². The summed E-state index contributed by atoms with van der Waals surface area (Å²) in [6.07, 6.45) is 1.16. The molecule has 1 aromatic rings. The molecule has 0 aliphatic carbocycles. The molecule has 0 aromatic heterocycles. The number of aryl methyl sites for hydroxylation is 1. The fraction of sp³-hybridized carbons (Fsp3) is 0.182. The highest BCUT2D eigenvalue weighted by atomic mass is 32.2. The van der Waals surface area contributed by atoms with Crippen LogP contribution in [0.5, 0.6) is 0 Å². The van der Waals surface area contributed by atoms with Gasteiger partial charge in [-0.2, -0.15) is 0 Å². The average Bonchev–Trinajstić information content (AvgIpc) is 2.26. The summed E-state index contributed by atoms with van der Waals surface area (Å²) in [6, 6.07) is 7.29. The monoisotopic (exact) mass is 224 g/mol. The van der Waals surface area contributed by atoms with Gasteiger partial charge in [-0.3, -0.25) is 0 Å². The quantitative estimate of drug-likeness (QED) is 0.580. The van der Waals surface area contributed by atoms with Gasteiger partial charge in [-0.15, -0.1) is 0 Å². The van der Waals surface area contributed by atoms with Gasteiger partial charge in [0, 0.05) is 16.4 Å². The zero-order valence-corrected chi connectivity index (χ0v) is 9.41. The van der Waals surface area contributed by atoms with Crippen LogP contribution in [0.4, 0.5) is 0 Å². The number of ether oxygens (including phenoxy) is 1. The summed E-state index contributed by atoms with van der Waals surface area (Å²) in [5.41, 5.74) is 1.10. The Labute approximate surface area is 91.2 Å². The molecule has 0 radical (unpaired) electrons. The van der Waals surface area contributed by atoms with Crippen LogP contribution < -0.4 is 0 Å². The van der Waals surface area contributed by atoms with Crippen molar-refractivity contribution in [2.45, 2.75) is 11.8 Å². The summed E-state index contributed by atoms with van der Waals surface area (Å²) in [6.45, 7) is 1.96. The lowest BCUT2D eigenvalue weighted by Gasteiger charge is -1.97. The van der Waals surface area contributed by atoms with Crippen LogP contribution in [0.25, 0.3) is 0 Å². The van der Waals surface area contributed by atoms with Gasteiger partial charge in [0.05, 0.1) is 17.9 Å². The lowest BCUT2D eigenvalue weighted by Crippen LogP contribution is -1.95. The van der Waals surface area contributed by atoms with Crippen LogP contribution in [0.1, 0.15) is 5.56 Å². The molecule has 0 fully saturated rings. The number of carbonyl (C=O) groups excluding carboxylic acids is 1. The zero-order valence-electron chi connectivity index (χ0n) is 8.60. The second-order valence-electron chi connectivity index (χ2n) is 2.94. The molecule has 3 nitrogen and oxygen atoms in total. The highest BCUT2D eigenvalue weighted by Gasteiger charge is 2.00. The maximum Gasteiger partial charge on any atom is 0.331 e. The molecule has 1 aromatic carbocycles. The molecule has 1 unspecified atom stereocenters. The first-order valence-corrected chi connectivity index (χ1v) is 5.58. The first-order valence-electron chi connectivity index (χ1n) is 4.37. The lowest BCUT2D eigenvalue weighted by atomic mass is 10.2. The normalized spacial score (nSPS) is 12.7. The first-order chi connectivity index (χ1) is 7.13. The minimum atomic E-state index is -1.30. The van der Waals surface area contributed by atoms with Crippen molar-refractivity contribution in [1.82, 2.24) is 0 Å². The highest BCUT2D eigenvalue weighted by Crippen LogP contribution is 2.09. The van der Waals surface area contributed by atoms with Gasteiger partial charge in [-0.05, 0) is 19.1 Å². The Kier molecular flexibility index (Phi) is 4.24. The van der Waals surface area contributed by atoms with E-state index in [0.717, 1.165) is 11.6 Å². The molecule has 1 rings (SSSR count). The third kappa shape index (κ3) is 3.67. The molecule has 0 aliphatic rings. The summed E-state index contributed by atoms with van der Waals surface area (Å²) in [5.74, 6) is -0.504. The lowest BCUT2D eigenvalue weighted by molar-refractivity contribution is -0.134. The minimum absolute atomic E-state index is 0.504. The molecule has 0 spiro atoms. The van der Waals surface area contributed by atoms with Crippen LogP contribution in [0, 0.1) is 6.92 Å².